The molecule has 9 heteroatoms. The molecule has 0 spiro atoms. The number of benzene rings is 2. The largest absolute Gasteiger partial charge is 0.492 e. The van der Waals surface area contributed by atoms with Gasteiger partial charge in [-0.05, 0) is 75.4 Å². The van der Waals surface area contributed by atoms with Gasteiger partial charge >= 0.3 is 0 Å². The molecule has 0 bridgehead atoms. The van der Waals surface area contributed by atoms with Crippen LogP contribution < -0.4 is 20.5 Å². The summed E-state index contributed by atoms with van der Waals surface area (Å²) in [6.45, 7) is 4.12. The Morgan fingerprint density at radius 2 is 1.81 bits per heavy atom. The van der Waals surface area contributed by atoms with Crippen LogP contribution in [0.1, 0.15) is 51.1 Å². The molecule has 1 aliphatic carbocycles. The highest BCUT2D eigenvalue weighted by Crippen LogP contribution is 2.28. The van der Waals surface area contributed by atoms with E-state index in [-0.39, 0.29) is 40.3 Å². The van der Waals surface area contributed by atoms with E-state index in [1.165, 1.54) is 24.3 Å². The number of halogens is 1. The predicted molar refractivity (Wildman–Crippen MR) is 121 cm³/mol. The second kappa shape index (κ2) is 10.3. The zero-order valence-corrected chi connectivity index (χ0v) is 19.1. The van der Waals surface area contributed by atoms with E-state index in [1.807, 2.05) is 13.8 Å². The molecule has 0 aromatic heterocycles. The van der Waals surface area contributed by atoms with Crippen molar-refractivity contribution in [3.8, 4) is 5.75 Å². The van der Waals surface area contributed by atoms with Gasteiger partial charge in [-0.3, -0.25) is 4.79 Å². The summed E-state index contributed by atoms with van der Waals surface area (Å²) >= 11 is 0. The van der Waals surface area contributed by atoms with Crippen molar-refractivity contribution in [2.75, 3.05) is 12.3 Å². The summed E-state index contributed by atoms with van der Waals surface area (Å²) in [5.41, 5.74) is 7.00. The predicted octanol–water partition coefficient (Wildman–Crippen LogP) is 3.52. The van der Waals surface area contributed by atoms with Crippen molar-refractivity contribution in [3.05, 3.63) is 53.8 Å². The third kappa shape index (κ3) is 5.98. The van der Waals surface area contributed by atoms with Gasteiger partial charge in [-0.15, -0.1) is 0 Å². The number of amides is 1. The SMILES string of the molecule is CCOc1ccc(S(=O)(=O)N[C@H]2CC[C@H](C(=O)N[C@H](C)c3ccc(F)cc3)CC2)cc1N. The molecule has 1 saturated carbocycles. The van der Waals surface area contributed by atoms with Crippen molar-refractivity contribution < 1.29 is 22.3 Å². The van der Waals surface area contributed by atoms with Crippen LogP contribution in [0, 0.1) is 11.7 Å². The summed E-state index contributed by atoms with van der Waals surface area (Å²) < 4.78 is 46.7. The van der Waals surface area contributed by atoms with Gasteiger partial charge in [-0.1, -0.05) is 12.1 Å². The Hall–Kier alpha value is -2.65. The van der Waals surface area contributed by atoms with Gasteiger partial charge in [0.2, 0.25) is 15.9 Å². The molecule has 0 saturated heterocycles. The number of carbonyl (C=O) groups excluding carboxylic acids is 1. The first-order valence-electron chi connectivity index (χ1n) is 10.8. The summed E-state index contributed by atoms with van der Waals surface area (Å²) in [4.78, 5) is 12.7. The van der Waals surface area contributed by atoms with Crippen molar-refractivity contribution in [2.24, 2.45) is 5.92 Å². The molecule has 4 N–H and O–H groups in total. The standard InChI is InChI=1S/C23H30FN3O4S/c1-3-31-22-13-12-20(14-21(22)25)32(29,30)27-19-10-6-17(7-11-19)23(28)26-15(2)16-4-8-18(24)9-5-16/h4-5,8-9,12-15,17,19,27H,3,6-7,10-11,25H2,1-2H3,(H,26,28)/t15-,17-,19-/m1/s1. The molecule has 1 atom stereocenters. The van der Waals surface area contributed by atoms with E-state index in [4.69, 9.17) is 10.5 Å². The molecule has 2 aromatic carbocycles. The van der Waals surface area contributed by atoms with Gasteiger partial charge in [0, 0.05) is 12.0 Å². The Morgan fingerprint density at radius 1 is 1.16 bits per heavy atom. The topological polar surface area (TPSA) is 111 Å². The fourth-order valence-corrected chi connectivity index (χ4v) is 5.25. The zero-order chi connectivity index (χ0) is 23.3. The first kappa shape index (κ1) is 24.0. The number of anilines is 1. The van der Waals surface area contributed by atoms with Crippen LogP contribution in [0.5, 0.6) is 5.75 Å². The summed E-state index contributed by atoms with van der Waals surface area (Å²) in [5, 5.41) is 2.97. The lowest BCUT2D eigenvalue weighted by Gasteiger charge is -2.29. The second-order valence-electron chi connectivity index (χ2n) is 8.08. The van der Waals surface area contributed by atoms with E-state index in [9.17, 15) is 17.6 Å². The highest BCUT2D eigenvalue weighted by atomic mass is 32.2. The van der Waals surface area contributed by atoms with Crippen LogP contribution in [-0.4, -0.2) is 27.0 Å². The molecule has 0 aliphatic heterocycles. The third-order valence-electron chi connectivity index (χ3n) is 5.74. The molecule has 0 unspecified atom stereocenters. The maximum atomic E-state index is 13.1. The maximum Gasteiger partial charge on any atom is 0.240 e. The summed E-state index contributed by atoms with van der Waals surface area (Å²) in [6, 6.07) is 9.98. The third-order valence-corrected chi connectivity index (χ3v) is 7.26. The lowest BCUT2D eigenvalue weighted by Crippen LogP contribution is -2.41. The number of hydrogen-bond donors (Lipinski definition) is 3. The lowest BCUT2D eigenvalue weighted by atomic mass is 9.85. The second-order valence-corrected chi connectivity index (χ2v) is 9.80. The summed E-state index contributed by atoms with van der Waals surface area (Å²) in [7, 11) is -3.73. The summed E-state index contributed by atoms with van der Waals surface area (Å²) in [5.74, 6) is -0.115. The number of carbonyl (C=O) groups is 1. The quantitative estimate of drug-likeness (QED) is 0.519. The van der Waals surface area contributed by atoms with Crippen molar-refractivity contribution in [3.63, 3.8) is 0 Å². The normalized spacial score (nSPS) is 19.8. The smallest absolute Gasteiger partial charge is 0.240 e. The van der Waals surface area contributed by atoms with Gasteiger partial charge in [-0.2, -0.15) is 0 Å². The highest BCUT2D eigenvalue weighted by molar-refractivity contribution is 7.89. The van der Waals surface area contributed by atoms with Gasteiger partial charge in [0.25, 0.3) is 0 Å². The van der Waals surface area contributed by atoms with E-state index in [0.29, 0.717) is 38.0 Å². The number of nitrogens with one attached hydrogen (secondary N) is 2. The van der Waals surface area contributed by atoms with Gasteiger partial charge in [0.1, 0.15) is 11.6 Å². The van der Waals surface area contributed by atoms with Crippen LogP contribution in [0.4, 0.5) is 10.1 Å². The van der Waals surface area contributed by atoms with Crippen LogP contribution >= 0.6 is 0 Å². The highest BCUT2D eigenvalue weighted by Gasteiger charge is 2.30. The Labute approximate surface area is 188 Å². The number of hydrogen-bond acceptors (Lipinski definition) is 5. The molecule has 7 nitrogen and oxygen atoms in total. The van der Waals surface area contributed by atoms with Crippen molar-refractivity contribution in [2.45, 2.75) is 56.5 Å². The Morgan fingerprint density at radius 3 is 2.41 bits per heavy atom. The average molecular weight is 464 g/mol. The van der Waals surface area contributed by atoms with Crippen LogP contribution in [-0.2, 0) is 14.8 Å². The minimum atomic E-state index is -3.73. The van der Waals surface area contributed by atoms with Crippen molar-refractivity contribution in [1.82, 2.24) is 10.0 Å². The van der Waals surface area contributed by atoms with E-state index in [1.54, 1.807) is 18.2 Å². The first-order valence-corrected chi connectivity index (χ1v) is 12.3. The minimum absolute atomic E-state index is 0.0672. The van der Waals surface area contributed by atoms with Gasteiger partial charge in [0.15, 0.2) is 0 Å². The number of sulfonamides is 1. The van der Waals surface area contributed by atoms with Crippen LogP contribution in [0.2, 0.25) is 0 Å². The number of rotatable bonds is 8. The lowest BCUT2D eigenvalue weighted by molar-refractivity contribution is -0.126. The zero-order valence-electron chi connectivity index (χ0n) is 18.3. The fraction of sp³-hybridized carbons (Fsp3) is 0.435. The monoisotopic (exact) mass is 463 g/mol. The molecule has 1 amide bonds. The van der Waals surface area contributed by atoms with Crippen LogP contribution in [0.15, 0.2) is 47.4 Å². The first-order chi connectivity index (χ1) is 15.2. The van der Waals surface area contributed by atoms with Crippen LogP contribution in [0.3, 0.4) is 0 Å². The maximum absolute atomic E-state index is 13.1. The number of ether oxygens (including phenoxy) is 1. The average Bonchev–Trinajstić information content (AvgIpc) is 2.76. The van der Waals surface area contributed by atoms with E-state index in [0.717, 1.165) is 5.56 Å². The molecule has 174 valence electrons. The molecule has 0 radical (unpaired) electrons. The molecule has 32 heavy (non-hydrogen) atoms. The van der Waals surface area contributed by atoms with E-state index in [2.05, 4.69) is 10.0 Å². The molecule has 0 heterocycles. The van der Waals surface area contributed by atoms with Crippen molar-refractivity contribution in [1.29, 1.82) is 0 Å². The Kier molecular flexibility index (Phi) is 7.73. The Bertz CT molecular complexity index is 1040. The molecule has 3 rings (SSSR count). The van der Waals surface area contributed by atoms with E-state index >= 15 is 0 Å². The molecular weight excluding hydrogens is 433 g/mol. The van der Waals surface area contributed by atoms with E-state index < -0.39 is 10.0 Å². The number of nitrogen functional groups attached to an aromatic ring is 1. The summed E-state index contributed by atoms with van der Waals surface area (Å²) in [6.07, 6.45) is 2.30. The minimum Gasteiger partial charge on any atom is -0.492 e. The van der Waals surface area contributed by atoms with Gasteiger partial charge in [0.05, 0.1) is 23.2 Å². The van der Waals surface area contributed by atoms with Crippen LogP contribution in [0.25, 0.3) is 0 Å². The molecule has 2 aromatic rings. The fourth-order valence-electron chi connectivity index (χ4n) is 3.91. The van der Waals surface area contributed by atoms with Gasteiger partial charge in [-0.25, -0.2) is 17.5 Å². The Balaban J connectivity index is 1.53. The van der Waals surface area contributed by atoms with Gasteiger partial charge < -0.3 is 15.8 Å². The molecule has 1 fully saturated rings. The molecular formula is C23H30FN3O4S. The number of nitrogens with two attached hydrogens (primary N) is 1. The molecule has 1 aliphatic rings. The van der Waals surface area contributed by atoms with Crippen molar-refractivity contribution >= 4 is 21.6 Å².